The standard InChI is InChI=1S/C14H21IN4S/c1-10(2)18(3)13(8-16)7-11-4-5-14-12(6-11)9-17-19(14)20-15/h4-6,9-10,13H,7-8,16H2,1-3H3/t13-/m0/s1. The number of benzene rings is 1. The van der Waals surface area contributed by atoms with Crippen molar-refractivity contribution in [3.63, 3.8) is 0 Å². The Morgan fingerprint density at radius 3 is 2.80 bits per heavy atom. The van der Waals surface area contributed by atoms with Crippen LogP contribution >= 0.6 is 30.3 Å². The van der Waals surface area contributed by atoms with Crippen LogP contribution in [0, 0.1) is 0 Å². The summed E-state index contributed by atoms with van der Waals surface area (Å²) in [7, 11) is 3.73. The van der Waals surface area contributed by atoms with Gasteiger partial charge in [0.2, 0.25) is 0 Å². The van der Waals surface area contributed by atoms with Crippen LogP contribution in [0.2, 0.25) is 0 Å². The lowest BCUT2D eigenvalue weighted by molar-refractivity contribution is 0.198. The molecular weight excluding hydrogens is 383 g/mol. The summed E-state index contributed by atoms with van der Waals surface area (Å²) >= 11 is 2.24. The molecule has 0 amide bonds. The lowest BCUT2D eigenvalue weighted by atomic mass is 10.0. The van der Waals surface area contributed by atoms with E-state index < -0.39 is 0 Å². The van der Waals surface area contributed by atoms with E-state index in [4.69, 9.17) is 5.73 Å². The third-order valence-electron chi connectivity index (χ3n) is 3.80. The fourth-order valence-electron chi connectivity index (χ4n) is 2.33. The molecule has 0 aliphatic rings. The summed E-state index contributed by atoms with van der Waals surface area (Å²) in [5.41, 5.74) is 8.41. The van der Waals surface area contributed by atoms with Gasteiger partial charge in [0.1, 0.15) is 0 Å². The first-order valence-electron chi connectivity index (χ1n) is 6.74. The maximum Gasteiger partial charge on any atom is 0.0820 e. The molecule has 4 nitrogen and oxygen atoms in total. The van der Waals surface area contributed by atoms with Crippen LogP contribution in [-0.2, 0) is 6.42 Å². The van der Waals surface area contributed by atoms with Crippen LogP contribution in [0.5, 0.6) is 0 Å². The molecule has 0 bridgehead atoms. The average Bonchev–Trinajstić information content (AvgIpc) is 2.86. The molecule has 1 atom stereocenters. The van der Waals surface area contributed by atoms with E-state index in [1.165, 1.54) is 10.9 Å². The highest BCUT2D eigenvalue weighted by molar-refractivity contribution is 14.2. The normalized spacial score (nSPS) is 13.6. The molecular formula is C14H21IN4S. The lowest BCUT2D eigenvalue weighted by Crippen LogP contribution is -2.43. The molecule has 1 aromatic carbocycles. The monoisotopic (exact) mass is 404 g/mol. The molecule has 2 N–H and O–H groups in total. The van der Waals surface area contributed by atoms with Crippen molar-refractivity contribution >= 4 is 41.2 Å². The van der Waals surface area contributed by atoms with E-state index in [0.717, 1.165) is 11.9 Å². The maximum atomic E-state index is 5.94. The summed E-state index contributed by atoms with van der Waals surface area (Å²) in [6, 6.07) is 7.44. The molecule has 1 heterocycles. The predicted molar refractivity (Wildman–Crippen MR) is 96.2 cm³/mol. The second-order valence-corrected chi connectivity index (χ2v) is 7.00. The summed E-state index contributed by atoms with van der Waals surface area (Å²) in [6.45, 7) is 5.08. The zero-order chi connectivity index (χ0) is 14.7. The van der Waals surface area contributed by atoms with Crippen molar-refractivity contribution in [1.82, 2.24) is 14.1 Å². The second kappa shape index (κ2) is 7.11. The number of nitrogens with zero attached hydrogens (tertiary/aromatic N) is 3. The highest BCUT2D eigenvalue weighted by atomic mass is 127. The molecule has 2 rings (SSSR count). The van der Waals surface area contributed by atoms with Crippen molar-refractivity contribution in [1.29, 1.82) is 0 Å². The largest absolute Gasteiger partial charge is 0.329 e. The van der Waals surface area contributed by atoms with Crippen molar-refractivity contribution in [3.05, 3.63) is 30.0 Å². The van der Waals surface area contributed by atoms with Crippen LogP contribution in [0.25, 0.3) is 10.9 Å². The second-order valence-electron chi connectivity index (χ2n) is 5.33. The Bertz CT molecular complexity index is 569. The van der Waals surface area contributed by atoms with Gasteiger partial charge in [0.05, 0.1) is 11.7 Å². The molecule has 0 aliphatic carbocycles. The number of rotatable bonds is 6. The molecule has 6 heteroatoms. The predicted octanol–water partition coefficient (Wildman–Crippen LogP) is 3.09. The summed E-state index contributed by atoms with van der Waals surface area (Å²) in [4.78, 5) is 2.34. The van der Waals surface area contributed by atoms with Crippen molar-refractivity contribution in [2.75, 3.05) is 13.6 Å². The minimum absolute atomic E-state index is 0.376. The molecule has 0 saturated carbocycles. The average molecular weight is 404 g/mol. The van der Waals surface area contributed by atoms with E-state index in [2.05, 4.69) is 70.3 Å². The van der Waals surface area contributed by atoms with Crippen LogP contribution < -0.4 is 5.73 Å². The van der Waals surface area contributed by atoms with Gasteiger partial charge < -0.3 is 5.73 Å². The van der Waals surface area contributed by atoms with Crippen LogP contribution in [-0.4, -0.2) is 39.8 Å². The van der Waals surface area contributed by atoms with Crippen LogP contribution in [0.1, 0.15) is 19.4 Å². The number of nitrogens with two attached hydrogens (primary N) is 1. The van der Waals surface area contributed by atoms with Crippen LogP contribution in [0.4, 0.5) is 0 Å². The van der Waals surface area contributed by atoms with Crippen LogP contribution in [0.3, 0.4) is 0 Å². The number of hydrogen-bond acceptors (Lipinski definition) is 4. The Balaban J connectivity index is 2.20. The first kappa shape index (κ1) is 16.1. The smallest absolute Gasteiger partial charge is 0.0820 e. The highest BCUT2D eigenvalue weighted by Crippen LogP contribution is 2.24. The molecule has 0 radical (unpaired) electrons. The third-order valence-corrected chi connectivity index (χ3v) is 5.34. The zero-order valence-electron chi connectivity index (χ0n) is 12.1. The molecule has 0 saturated heterocycles. The van der Waals surface area contributed by atoms with E-state index in [9.17, 15) is 0 Å². The molecule has 1 aromatic heterocycles. The van der Waals surface area contributed by atoms with Gasteiger partial charge >= 0.3 is 0 Å². The van der Waals surface area contributed by atoms with Gasteiger partial charge in [-0.3, -0.25) is 4.90 Å². The van der Waals surface area contributed by atoms with Gasteiger partial charge in [0.15, 0.2) is 0 Å². The molecule has 0 fully saturated rings. The van der Waals surface area contributed by atoms with Gasteiger partial charge in [-0.25, -0.2) is 0 Å². The number of fused-ring (bicyclic) bond motifs is 1. The van der Waals surface area contributed by atoms with Crippen molar-refractivity contribution < 1.29 is 0 Å². The fourth-order valence-corrected chi connectivity index (χ4v) is 3.59. The lowest BCUT2D eigenvalue weighted by Gasteiger charge is -2.30. The Kier molecular flexibility index (Phi) is 5.71. The Labute approximate surface area is 136 Å². The number of halogens is 1. The Morgan fingerprint density at radius 2 is 2.20 bits per heavy atom. The first-order chi connectivity index (χ1) is 9.56. The molecule has 0 spiro atoms. The molecule has 0 aliphatic heterocycles. The minimum atomic E-state index is 0.376. The van der Waals surface area contributed by atoms with Gasteiger partial charge in [-0.2, -0.15) is 9.19 Å². The molecule has 20 heavy (non-hydrogen) atoms. The van der Waals surface area contributed by atoms with Gasteiger partial charge in [-0.15, -0.1) is 0 Å². The van der Waals surface area contributed by atoms with Crippen LogP contribution in [0.15, 0.2) is 24.4 Å². The number of hydrogen-bond donors (Lipinski definition) is 1. The molecule has 2 aromatic rings. The summed E-state index contributed by atoms with van der Waals surface area (Å²) in [5.74, 6) is 0. The molecule has 110 valence electrons. The zero-order valence-corrected chi connectivity index (χ0v) is 15.1. The maximum absolute atomic E-state index is 5.94. The van der Waals surface area contributed by atoms with E-state index in [0.29, 0.717) is 18.6 Å². The summed E-state index contributed by atoms with van der Waals surface area (Å²) in [5, 5.41) is 5.54. The van der Waals surface area contributed by atoms with E-state index in [1.54, 1.807) is 9.12 Å². The first-order valence-corrected chi connectivity index (χ1v) is 10.1. The summed E-state index contributed by atoms with van der Waals surface area (Å²) in [6.07, 6.45) is 2.90. The van der Waals surface area contributed by atoms with Gasteiger partial charge in [0, 0.05) is 54.3 Å². The van der Waals surface area contributed by atoms with E-state index in [1.807, 2.05) is 10.3 Å². The quantitative estimate of drug-likeness (QED) is 0.752. The van der Waals surface area contributed by atoms with Crippen molar-refractivity contribution in [3.8, 4) is 0 Å². The van der Waals surface area contributed by atoms with Crippen molar-refractivity contribution in [2.24, 2.45) is 5.73 Å². The van der Waals surface area contributed by atoms with E-state index >= 15 is 0 Å². The molecule has 0 unspecified atom stereocenters. The minimum Gasteiger partial charge on any atom is -0.329 e. The topological polar surface area (TPSA) is 47.1 Å². The fraction of sp³-hybridized carbons (Fsp3) is 0.500. The highest BCUT2D eigenvalue weighted by Gasteiger charge is 2.16. The van der Waals surface area contributed by atoms with Gasteiger partial charge in [0.25, 0.3) is 0 Å². The summed E-state index contributed by atoms with van der Waals surface area (Å²) < 4.78 is 1.93. The Hall–Kier alpha value is -0.310. The van der Waals surface area contributed by atoms with E-state index in [-0.39, 0.29) is 0 Å². The SMILES string of the molecule is CC(C)N(C)[C@H](CN)Cc1ccc2c(cnn2SI)c1. The number of likely N-dealkylation sites (N-methyl/N-ethyl adjacent to an activating group) is 1. The van der Waals surface area contributed by atoms with Gasteiger partial charge in [-0.05, 0) is 45.0 Å². The third kappa shape index (κ3) is 3.47. The number of aromatic nitrogens is 2. The van der Waals surface area contributed by atoms with Crippen molar-refractivity contribution in [2.45, 2.75) is 32.4 Å². The van der Waals surface area contributed by atoms with Gasteiger partial charge in [-0.1, -0.05) is 6.07 Å². The Morgan fingerprint density at radius 1 is 1.45 bits per heavy atom.